The summed E-state index contributed by atoms with van der Waals surface area (Å²) in [6, 6.07) is 17.7. The Morgan fingerprint density at radius 1 is 0.970 bits per heavy atom. The predicted octanol–water partition coefficient (Wildman–Crippen LogP) is 4.39. The zero-order valence-corrected chi connectivity index (χ0v) is 19.8. The standard InChI is InChI=1S/C24H22BrN3O5/c1-31-19-12-14(13-20(32-2)21(19)33-3)23(29)27-28-22(15-8-4-6-10-17(15)25)26-18-11-7-5-9-16(18)24(28)30/h4-13,22,26H,1-3H3,(H,27,29)/t22-/m0/s1. The number of para-hydroxylation sites is 1. The van der Waals surface area contributed by atoms with Crippen molar-refractivity contribution in [2.24, 2.45) is 0 Å². The van der Waals surface area contributed by atoms with Crippen molar-refractivity contribution in [2.45, 2.75) is 6.17 Å². The fourth-order valence-electron chi connectivity index (χ4n) is 3.67. The SMILES string of the molecule is COc1cc(C(=O)NN2C(=O)c3ccccc3N[C@@H]2c2ccccc2Br)cc(OC)c1OC. The van der Waals surface area contributed by atoms with E-state index in [2.05, 4.69) is 26.7 Å². The van der Waals surface area contributed by atoms with Crippen LogP contribution in [-0.4, -0.2) is 38.2 Å². The largest absolute Gasteiger partial charge is 0.493 e. The molecule has 33 heavy (non-hydrogen) atoms. The molecule has 0 saturated carbocycles. The summed E-state index contributed by atoms with van der Waals surface area (Å²) in [6.45, 7) is 0. The molecule has 0 aromatic heterocycles. The van der Waals surface area contributed by atoms with E-state index in [-0.39, 0.29) is 11.5 Å². The number of nitrogens with one attached hydrogen (secondary N) is 2. The third kappa shape index (κ3) is 4.19. The lowest BCUT2D eigenvalue weighted by Gasteiger charge is -2.38. The monoisotopic (exact) mass is 511 g/mol. The Labute approximate surface area is 199 Å². The Bertz CT molecular complexity index is 1190. The van der Waals surface area contributed by atoms with Crippen LogP contribution in [0.15, 0.2) is 65.1 Å². The summed E-state index contributed by atoms with van der Waals surface area (Å²) in [4.78, 5) is 26.7. The number of hydrogen-bond acceptors (Lipinski definition) is 6. The van der Waals surface area contributed by atoms with E-state index in [4.69, 9.17) is 14.2 Å². The number of nitrogens with zero attached hydrogens (tertiary/aromatic N) is 1. The van der Waals surface area contributed by atoms with Gasteiger partial charge in [0.25, 0.3) is 11.8 Å². The van der Waals surface area contributed by atoms with Crippen LogP contribution >= 0.6 is 15.9 Å². The fourth-order valence-corrected chi connectivity index (χ4v) is 4.17. The van der Waals surface area contributed by atoms with Crippen LogP contribution in [0.4, 0.5) is 5.69 Å². The second kappa shape index (κ2) is 9.41. The minimum atomic E-state index is -0.644. The lowest BCUT2D eigenvalue weighted by atomic mass is 10.0. The Balaban J connectivity index is 1.74. The number of benzene rings is 3. The first-order valence-corrected chi connectivity index (χ1v) is 10.8. The number of carbonyl (C=O) groups excluding carboxylic acids is 2. The predicted molar refractivity (Wildman–Crippen MR) is 127 cm³/mol. The van der Waals surface area contributed by atoms with Crippen molar-refractivity contribution in [2.75, 3.05) is 26.6 Å². The highest BCUT2D eigenvalue weighted by molar-refractivity contribution is 9.10. The summed E-state index contributed by atoms with van der Waals surface area (Å²) in [7, 11) is 4.42. The molecule has 0 aliphatic carbocycles. The van der Waals surface area contributed by atoms with Crippen molar-refractivity contribution in [3.63, 3.8) is 0 Å². The van der Waals surface area contributed by atoms with Crippen molar-refractivity contribution in [1.29, 1.82) is 0 Å². The van der Waals surface area contributed by atoms with E-state index in [0.717, 1.165) is 10.0 Å². The number of hydrazine groups is 1. The first-order chi connectivity index (χ1) is 16.0. The molecule has 3 aromatic carbocycles. The molecule has 0 radical (unpaired) electrons. The van der Waals surface area contributed by atoms with Crippen molar-refractivity contribution < 1.29 is 23.8 Å². The average molecular weight is 512 g/mol. The van der Waals surface area contributed by atoms with Gasteiger partial charge in [-0.15, -0.1) is 0 Å². The number of fused-ring (bicyclic) bond motifs is 1. The molecule has 9 heteroatoms. The molecule has 8 nitrogen and oxygen atoms in total. The van der Waals surface area contributed by atoms with E-state index in [1.165, 1.54) is 38.5 Å². The third-order valence-electron chi connectivity index (χ3n) is 5.28. The molecule has 0 fully saturated rings. The van der Waals surface area contributed by atoms with Crippen molar-refractivity contribution in [1.82, 2.24) is 10.4 Å². The number of carbonyl (C=O) groups is 2. The molecule has 4 rings (SSSR count). The van der Waals surface area contributed by atoms with Crippen LogP contribution in [0.25, 0.3) is 0 Å². The second-order valence-electron chi connectivity index (χ2n) is 7.14. The van der Waals surface area contributed by atoms with Gasteiger partial charge in [-0.1, -0.05) is 46.3 Å². The summed E-state index contributed by atoms with van der Waals surface area (Å²) in [6.07, 6.45) is -0.644. The van der Waals surface area contributed by atoms with Crippen LogP contribution in [-0.2, 0) is 0 Å². The molecule has 170 valence electrons. The van der Waals surface area contributed by atoms with E-state index in [1.807, 2.05) is 36.4 Å². The van der Waals surface area contributed by atoms with Crippen LogP contribution in [0, 0.1) is 0 Å². The molecule has 3 aromatic rings. The van der Waals surface area contributed by atoms with E-state index < -0.39 is 12.1 Å². The maximum atomic E-state index is 13.4. The zero-order chi connectivity index (χ0) is 23.5. The number of ether oxygens (including phenoxy) is 3. The normalized spacial score (nSPS) is 14.7. The van der Waals surface area contributed by atoms with Crippen molar-refractivity contribution >= 4 is 33.4 Å². The molecule has 2 amide bonds. The Morgan fingerprint density at radius 2 is 1.61 bits per heavy atom. The maximum Gasteiger partial charge on any atom is 0.276 e. The van der Waals surface area contributed by atoms with E-state index >= 15 is 0 Å². The Kier molecular flexibility index (Phi) is 6.41. The van der Waals surface area contributed by atoms with Gasteiger partial charge in [0.1, 0.15) is 6.17 Å². The molecule has 0 bridgehead atoms. The number of hydrogen-bond donors (Lipinski definition) is 2. The van der Waals surface area contributed by atoms with Gasteiger partial charge in [0.2, 0.25) is 5.75 Å². The highest BCUT2D eigenvalue weighted by Gasteiger charge is 2.35. The van der Waals surface area contributed by atoms with Gasteiger partial charge in [-0.2, -0.15) is 0 Å². The number of rotatable bonds is 6. The lowest BCUT2D eigenvalue weighted by Crippen LogP contribution is -2.53. The van der Waals surface area contributed by atoms with Crippen LogP contribution in [0.5, 0.6) is 17.2 Å². The summed E-state index contributed by atoms with van der Waals surface area (Å²) in [5.41, 5.74) is 4.90. The summed E-state index contributed by atoms with van der Waals surface area (Å²) >= 11 is 3.55. The molecule has 0 unspecified atom stereocenters. The number of methoxy groups -OCH3 is 3. The molecule has 2 N–H and O–H groups in total. The Hall–Kier alpha value is -3.72. The van der Waals surface area contributed by atoms with Crippen LogP contribution < -0.4 is 25.0 Å². The molecule has 1 aliphatic rings. The topological polar surface area (TPSA) is 89.1 Å². The summed E-state index contributed by atoms with van der Waals surface area (Å²) < 4.78 is 16.8. The first-order valence-electron chi connectivity index (χ1n) is 10.0. The minimum Gasteiger partial charge on any atom is -0.493 e. The van der Waals surface area contributed by atoms with Gasteiger partial charge in [0, 0.05) is 21.3 Å². The molecular weight excluding hydrogens is 490 g/mol. The lowest BCUT2D eigenvalue weighted by molar-refractivity contribution is 0.0490. The van der Waals surface area contributed by atoms with Crippen LogP contribution in [0.1, 0.15) is 32.4 Å². The molecule has 0 saturated heterocycles. The van der Waals surface area contributed by atoms with Crippen LogP contribution in [0.2, 0.25) is 0 Å². The van der Waals surface area contributed by atoms with Crippen LogP contribution in [0.3, 0.4) is 0 Å². The van der Waals surface area contributed by atoms with Gasteiger partial charge in [-0.3, -0.25) is 15.0 Å². The molecular formula is C24H22BrN3O5. The fraction of sp³-hybridized carbons (Fsp3) is 0.167. The van der Waals surface area contributed by atoms with Gasteiger partial charge in [0.15, 0.2) is 11.5 Å². The van der Waals surface area contributed by atoms with Gasteiger partial charge < -0.3 is 19.5 Å². The average Bonchev–Trinajstić information content (AvgIpc) is 2.85. The molecule has 0 spiro atoms. The zero-order valence-electron chi connectivity index (χ0n) is 18.2. The molecule has 1 aliphatic heterocycles. The first kappa shape index (κ1) is 22.5. The van der Waals surface area contributed by atoms with E-state index in [1.54, 1.807) is 12.1 Å². The maximum absolute atomic E-state index is 13.4. The smallest absolute Gasteiger partial charge is 0.276 e. The van der Waals surface area contributed by atoms with Gasteiger partial charge in [0.05, 0.1) is 26.9 Å². The quantitative estimate of drug-likeness (QED) is 0.510. The summed E-state index contributed by atoms with van der Waals surface area (Å²) in [5, 5.41) is 4.63. The molecule has 1 heterocycles. The van der Waals surface area contributed by atoms with Crippen molar-refractivity contribution in [3.05, 3.63) is 81.8 Å². The highest BCUT2D eigenvalue weighted by Crippen LogP contribution is 2.39. The minimum absolute atomic E-state index is 0.238. The second-order valence-corrected chi connectivity index (χ2v) is 8.00. The highest BCUT2D eigenvalue weighted by atomic mass is 79.9. The van der Waals surface area contributed by atoms with Crippen molar-refractivity contribution in [3.8, 4) is 17.2 Å². The van der Waals surface area contributed by atoms with Gasteiger partial charge in [-0.25, -0.2) is 5.01 Å². The molecule has 1 atom stereocenters. The third-order valence-corrected chi connectivity index (χ3v) is 6.00. The summed E-state index contributed by atoms with van der Waals surface area (Å²) in [5.74, 6) is 0.176. The van der Waals surface area contributed by atoms with E-state index in [9.17, 15) is 9.59 Å². The van der Waals surface area contributed by atoms with Gasteiger partial charge in [-0.05, 0) is 30.3 Å². The number of halogens is 1. The Morgan fingerprint density at radius 3 is 2.24 bits per heavy atom. The van der Waals surface area contributed by atoms with Gasteiger partial charge >= 0.3 is 0 Å². The number of anilines is 1. The van der Waals surface area contributed by atoms with E-state index in [0.29, 0.717) is 28.5 Å². The number of amides is 2.